The van der Waals surface area contributed by atoms with E-state index >= 15 is 0 Å². The Bertz CT molecular complexity index is 782. The Balaban J connectivity index is 2.05. The number of rotatable bonds is 7. The summed E-state index contributed by atoms with van der Waals surface area (Å²) >= 11 is 0. The van der Waals surface area contributed by atoms with E-state index < -0.39 is 18.1 Å². The van der Waals surface area contributed by atoms with Crippen molar-refractivity contribution in [2.45, 2.75) is 25.5 Å². The highest BCUT2D eigenvalue weighted by molar-refractivity contribution is 5.82. The number of methoxy groups -OCH3 is 1. The van der Waals surface area contributed by atoms with Gasteiger partial charge in [-0.2, -0.15) is 5.26 Å². The molecule has 0 aliphatic heterocycles. The van der Waals surface area contributed by atoms with Crippen LogP contribution in [0.1, 0.15) is 30.5 Å². The number of ether oxygens (including phenoxy) is 2. The number of hydrogen-bond acceptors (Lipinski definition) is 5. The van der Waals surface area contributed by atoms with Crippen LogP contribution in [-0.2, 0) is 14.3 Å². The van der Waals surface area contributed by atoms with Crippen molar-refractivity contribution in [3.8, 4) is 11.8 Å². The van der Waals surface area contributed by atoms with Crippen molar-refractivity contribution in [1.29, 1.82) is 5.26 Å². The van der Waals surface area contributed by atoms with E-state index in [1.807, 2.05) is 36.4 Å². The average molecular weight is 352 g/mol. The van der Waals surface area contributed by atoms with E-state index in [-0.39, 0.29) is 12.3 Å². The molecule has 26 heavy (non-hydrogen) atoms. The summed E-state index contributed by atoms with van der Waals surface area (Å²) in [4.78, 5) is 24.2. The van der Waals surface area contributed by atoms with Gasteiger partial charge in [-0.05, 0) is 36.8 Å². The molecule has 6 heteroatoms. The van der Waals surface area contributed by atoms with Crippen LogP contribution in [0.5, 0.6) is 5.75 Å². The fourth-order valence-corrected chi connectivity index (χ4v) is 2.34. The van der Waals surface area contributed by atoms with Crippen LogP contribution in [-0.4, -0.2) is 25.1 Å². The standard InChI is InChI=1S/C20H20N2O4/c1-14(26-17-10-8-15(13-21)9-11-17)20(24)22-18(12-19(23)25-2)16-6-4-3-5-7-16/h3-11,14,18H,12H2,1-2H3,(H,22,24)/t14-,18+/m1/s1. The molecule has 0 saturated carbocycles. The first-order valence-electron chi connectivity index (χ1n) is 8.12. The molecule has 1 N–H and O–H groups in total. The van der Waals surface area contributed by atoms with Crippen LogP contribution in [0.15, 0.2) is 54.6 Å². The molecular weight excluding hydrogens is 332 g/mol. The molecule has 1 amide bonds. The first kappa shape index (κ1) is 19.0. The summed E-state index contributed by atoms with van der Waals surface area (Å²) < 4.78 is 10.3. The highest BCUT2D eigenvalue weighted by Crippen LogP contribution is 2.18. The van der Waals surface area contributed by atoms with E-state index in [2.05, 4.69) is 5.32 Å². The molecule has 134 valence electrons. The van der Waals surface area contributed by atoms with Gasteiger partial charge in [0.05, 0.1) is 31.2 Å². The van der Waals surface area contributed by atoms with Gasteiger partial charge in [0.2, 0.25) is 0 Å². The summed E-state index contributed by atoms with van der Waals surface area (Å²) in [6, 6.07) is 17.2. The summed E-state index contributed by atoms with van der Waals surface area (Å²) in [5, 5.41) is 11.6. The van der Waals surface area contributed by atoms with Crippen molar-refractivity contribution in [3.63, 3.8) is 0 Å². The number of hydrogen-bond donors (Lipinski definition) is 1. The molecule has 2 aromatic carbocycles. The molecule has 0 unspecified atom stereocenters. The normalized spacial score (nSPS) is 12.3. The van der Waals surface area contributed by atoms with Crippen molar-refractivity contribution in [1.82, 2.24) is 5.32 Å². The van der Waals surface area contributed by atoms with Crippen LogP contribution in [0.2, 0.25) is 0 Å². The van der Waals surface area contributed by atoms with Gasteiger partial charge in [0.1, 0.15) is 5.75 Å². The van der Waals surface area contributed by atoms with Crippen molar-refractivity contribution >= 4 is 11.9 Å². The lowest BCUT2D eigenvalue weighted by molar-refractivity contribution is -0.141. The predicted octanol–water partition coefficient (Wildman–Crippen LogP) is 2.75. The van der Waals surface area contributed by atoms with E-state index in [4.69, 9.17) is 14.7 Å². The molecular formula is C20H20N2O4. The van der Waals surface area contributed by atoms with Gasteiger partial charge in [-0.15, -0.1) is 0 Å². The minimum Gasteiger partial charge on any atom is -0.481 e. The monoisotopic (exact) mass is 352 g/mol. The van der Waals surface area contributed by atoms with Gasteiger partial charge in [0.25, 0.3) is 5.91 Å². The lowest BCUT2D eigenvalue weighted by Gasteiger charge is -2.21. The van der Waals surface area contributed by atoms with Crippen LogP contribution in [0.3, 0.4) is 0 Å². The molecule has 6 nitrogen and oxygen atoms in total. The van der Waals surface area contributed by atoms with E-state index in [9.17, 15) is 9.59 Å². The summed E-state index contributed by atoms with van der Waals surface area (Å²) in [5.41, 5.74) is 1.31. The Morgan fingerprint density at radius 3 is 2.35 bits per heavy atom. The lowest BCUT2D eigenvalue weighted by atomic mass is 10.0. The highest BCUT2D eigenvalue weighted by atomic mass is 16.5. The van der Waals surface area contributed by atoms with Crippen molar-refractivity contribution < 1.29 is 19.1 Å². The number of nitrogens with one attached hydrogen (secondary N) is 1. The second kappa shape index (κ2) is 9.23. The van der Waals surface area contributed by atoms with Gasteiger partial charge in [0, 0.05) is 0 Å². The number of carbonyl (C=O) groups excluding carboxylic acids is 2. The van der Waals surface area contributed by atoms with E-state index in [1.165, 1.54) is 7.11 Å². The fourth-order valence-electron chi connectivity index (χ4n) is 2.34. The Labute approximate surface area is 152 Å². The highest BCUT2D eigenvalue weighted by Gasteiger charge is 2.22. The van der Waals surface area contributed by atoms with Gasteiger partial charge in [0.15, 0.2) is 6.10 Å². The number of nitrogens with zero attached hydrogens (tertiary/aromatic N) is 1. The maximum atomic E-state index is 12.5. The molecule has 0 aromatic heterocycles. The van der Waals surface area contributed by atoms with Gasteiger partial charge in [-0.3, -0.25) is 9.59 Å². The summed E-state index contributed by atoms with van der Waals surface area (Å²) in [7, 11) is 1.31. The molecule has 0 aliphatic carbocycles. The molecule has 2 aromatic rings. The summed E-state index contributed by atoms with van der Waals surface area (Å²) in [6.07, 6.45) is -0.748. The minimum atomic E-state index is -0.771. The molecule has 2 atom stereocenters. The van der Waals surface area contributed by atoms with Gasteiger partial charge in [-0.25, -0.2) is 0 Å². The molecule has 0 heterocycles. The zero-order valence-corrected chi connectivity index (χ0v) is 14.6. The second-order valence-electron chi connectivity index (χ2n) is 5.65. The van der Waals surface area contributed by atoms with Crippen molar-refractivity contribution in [3.05, 3.63) is 65.7 Å². The number of nitriles is 1. The number of benzene rings is 2. The largest absolute Gasteiger partial charge is 0.481 e. The zero-order chi connectivity index (χ0) is 18.9. The Kier molecular flexibility index (Phi) is 6.75. The van der Waals surface area contributed by atoms with E-state index in [0.29, 0.717) is 11.3 Å². The first-order valence-corrected chi connectivity index (χ1v) is 8.12. The third-order valence-corrected chi connectivity index (χ3v) is 3.78. The number of esters is 1. The van der Waals surface area contributed by atoms with Gasteiger partial charge in [-0.1, -0.05) is 30.3 Å². The maximum Gasteiger partial charge on any atom is 0.307 e. The lowest BCUT2D eigenvalue weighted by Crippen LogP contribution is -2.39. The topological polar surface area (TPSA) is 88.4 Å². The molecule has 0 radical (unpaired) electrons. The average Bonchev–Trinajstić information content (AvgIpc) is 2.68. The molecule has 0 spiro atoms. The Morgan fingerprint density at radius 1 is 1.12 bits per heavy atom. The van der Waals surface area contributed by atoms with Crippen LogP contribution in [0.25, 0.3) is 0 Å². The van der Waals surface area contributed by atoms with Crippen LogP contribution >= 0.6 is 0 Å². The minimum absolute atomic E-state index is 0.0237. The maximum absolute atomic E-state index is 12.5. The second-order valence-corrected chi connectivity index (χ2v) is 5.65. The van der Waals surface area contributed by atoms with Crippen LogP contribution in [0, 0.1) is 11.3 Å². The summed E-state index contributed by atoms with van der Waals surface area (Å²) in [6.45, 7) is 1.62. The zero-order valence-electron chi connectivity index (χ0n) is 14.6. The van der Waals surface area contributed by atoms with Crippen LogP contribution < -0.4 is 10.1 Å². The SMILES string of the molecule is COC(=O)C[C@H](NC(=O)[C@@H](C)Oc1ccc(C#N)cc1)c1ccccc1. The van der Waals surface area contributed by atoms with Crippen molar-refractivity contribution in [2.75, 3.05) is 7.11 Å². The predicted molar refractivity (Wildman–Crippen MR) is 95.2 cm³/mol. The third-order valence-electron chi connectivity index (χ3n) is 3.78. The molecule has 0 aliphatic rings. The summed E-state index contributed by atoms with van der Waals surface area (Å²) in [5.74, 6) is -0.289. The van der Waals surface area contributed by atoms with Crippen LogP contribution in [0.4, 0.5) is 0 Å². The van der Waals surface area contributed by atoms with Crippen molar-refractivity contribution in [2.24, 2.45) is 0 Å². The Morgan fingerprint density at radius 2 is 1.77 bits per heavy atom. The molecule has 0 fully saturated rings. The number of carbonyl (C=O) groups is 2. The van der Waals surface area contributed by atoms with E-state index in [0.717, 1.165) is 5.56 Å². The molecule has 0 saturated heterocycles. The first-order chi connectivity index (χ1) is 12.5. The number of amides is 1. The molecule has 2 rings (SSSR count). The fraction of sp³-hybridized carbons (Fsp3) is 0.250. The van der Waals surface area contributed by atoms with Gasteiger partial charge < -0.3 is 14.8 Å². The smallest absolute Gasteiger partial charge is 0.307 e. The Hall–Kier alpha value is -3.33. The third kappa shape index (κ3) is 5.35. The quantitative estimate of drug-likeness (QED) is 0.774. The molecule has 0 bridgehead atoms. The van der Waals surface area contributed by atoms with E-state index in [1.54, 1.807) is 31.2 Å². The van der Waals surface area contributed by atoms with Gasteiger partial charge >= 0.3 is 5.97 Å².